The van der Waals surface area contributed by atoms with Gasteiger partial charge in [0.25, 0.3) is 0 Å². The Balaban J connectivity index is 3.32. The van der Waals surface area contributed by atoms with Gasteiger partial charge in [-0.15, -0.1) is 6.58 Å². The van der Waals surface area contributed by atoms with Crippen LogP contribution in [0.1, 0.15) is 46.0 Å². The predicted molar refractivity (Wildman–Crippen MR) is 56.4 cm³/mol. The van der Waals surface area contributed by atoms with E-state index in [0.29, 0.717) is 0 Å². The van der Waals surface area contributed by atoms with Gasteiger partial charge < -0.3 is 5.32 Å². The van der Waals surface area contributed by atoms with Crippen LogP contribution in [0.5, 0.6) is 0 Å². The molecular weight excluding hydrogens is 146 g/mol. The minimum absolute atomic E-state index is 0.727. The first-order valence-corrected chi connectivity index (χ1v) is 5.19. The Morgan fingerprint density at radius 3 is 2.67 bits per heavy atom. The maximum Gasteiger partial charge on any atom is 0.00645 e. The van der Waals surface area contributed by atoms with Gasteiger partial charge in [0, 0.05) is 6.04 Å². The van der Waals surface area contributed by atoms with Crippen LogP contribution in [0.15, 0.2) is 12.7 Å². The molecule has 0 fully saturated rings. The normalized spacial score (nSPS) is 12.8. The lowest BCUT2D eigenvalue weighted by Crippen LogP contribution is -2.28. The molecule has 0 aromatic rings. The Kier molecular flexibility index (Phi) is 8.57. The summed E-state index contributed by atoms with van der Waals surface area (Å²) in [5.41, 5.74) is 0. The Hall–Kier alpha value is -0.300. The molecule has 0 radical (unpaired) electrons. The van der Waals surface area contributed by atoms with Crippen molar-refractivity contribution in [2.24, 2.45) is 0 Å². The zero-order valence-corrected chi connectivity index (χ0v) is 8.60. The number of hydrogen-bond donors (Lipinski definition) is 1. The van der Waals surface area contributed by atoms with Gasteiger partial charge in [0.15, 0.2) is 0 Å². The van der Waals surface area contributed by atoms with E-state index in [1.807, 2.05) is 6.08 Å². The third-order valence-electron chi connectivity index (χ3n) is 2.14. The van der Waals surface area contributed by atoms with Gasteiger partial charge in [-0.2, -0.15) is 0 Å². The van der Waals surface area contributed by atoms with Gasteiger partial charge in [-0.25, -0.2) is 0 Å². The highest BCUT2D eigenvalue weighted by atomic mass is 14.9. The third-order valence-corrected chi connectivity index (χ3v) is 2.14. The standard InChI is InChI=1S/C11H23N/c1-4-7-8-9-11(6-3)12-10-5-2/h4,11-12H,1,5-10H2,2-3H3. The SMILES string of the molecule is C=CCCCC(CC)NCCC. The minimum atomic E-state index is 0.727. The first kappa shape index (κ1) is 11.7. The van der Waals surface area contributed by atoms with Crippen LogP contribution >= 0.6 is 0 Å². The van der Waals surface area contributed by atoms with Crippen molar-refractivity contribution in [3.8, 4) is 0 Å². The van der Waals surface area contributed by atoms with Crippen molar-refractivity contribution in [2.75, 3.05) is 6.54 Å². The number of allylic oxidation sites excluding steroid dienone is 1. The van der Waals surface area contributed by atoms with Crippen molar-refractivity contribution in [1.82, 2.24) is 5.32 Å². The molecule has 1 atom stereocenters. The van der Waals surface area contributed by atoms with Gasteiger partial charge in [0.2, 0.25) is 0 Å². The monoisotopic (exact) mass is 169 g/mol. The second kappa shape index (κ2) is 8.79. The first-order chi connectivity index (χ1) is 5.85. The van der Waals surface area contributed by atoms with Gasteiger partial charge in [0.05, 0.1) is 0 Å². The van der Waals surface area contributed by atoms with E-state index in [1.165, 1.54) is 25.7 Å². The second-order valence-electron chi connectivity index (χ2n) is 3.28. The molecule has 72 valence electrons. The van der Waals surface area contributed by atoms with Crippen LogP contribution < -0.4 is 5.32 Å². The van der Waals surface area contributed by atoms with Gasteiger partial charge >= 0.3 is 0 Å². The maximum atomic E-state index is 3.73. The van der Waals surface area contributed by atoms with Crippen molar-refractivity contribution in [2.45, 2.75) is 52.0 Å². The summed E-state index contributed by atoms with van der Waals surface area (Å²) >= 11 is 0. The summed E-state index contributed by atoms with van der Waals surface area (Å²) in [5, 5.41) is 3.54. The van der Waals surface area contributed by atoms with Crippen LogP contribution in [0.25, 0.3) is 0 Å². The van der Waals surface area contributed by atoms with E-state index in [2.05, 4.69) is 25.7 Å². The molecule has 0 aromatic carbocycles. The molecule has 1 N–H and O–H groups in total. The molecule has 0 aliphatic rings. The first-order valence-electron chi connectivity index (χ1n) is 5.19. The fourth-order valence-electron chi connectivity index (χ4n) is 1.31. The van der Waals surface area contributed by atoms with E-state index in [-0.39, 0.29) is 0 Å². The van der Waals surface area contributed by atoms with Crippen LogP contribution in [0.3, 0.4) is 0 Å². The molecule has 0 heterocycles. The van der Waals surface area contributed by atoms with Crippen LogP contribution in [-0.4, -0.2) is 12.6 Å². The van der Waals surface area contributed by atoms with Crippen molar-refractivity contribution < 1.29 is 0 Å². The summed E-state index contributed by atoms with van der Waals surface area (Å²) in [4.78, 5) is 0. The highest BCUT2D eigenvalue weighted by molar-refractivity contribution is 4.70. The summed E-state index contributed by atoms with van der Waals surface area (Å²) < 4.78 is 0. The maximum absolute atomic E-state index is 3.73. The molecule has 0 aromatic heterocycles. The number of rotatable bonds is 8. The van der Waals surface area contributed by atoms with E-state index in [4.69, 9.17) is 0 Å². The van der Waals surface area contributed by atoms with E-state index >= 15 is 0 Å². The molecule has 0 aliphatic heterocycles. The van der Waals surface area contributed by atoms with Crippen molar-refractivity contribution in [1.29, 1.82) is 0 Å². The van der Waals surface area contributed by atoms with E-state index in [9.17, 15) is 0 Å². The Bertz CT molecular complexity index is 99.2. The zero-order valence-electron chi connectivity index (χ0n) is 8.60. The van der Waals surface area contributed by atoms with E-state index in [1.54, 1.807) is 0 Å². The summed E-state index contributed by atoms with van der Waals surface area (Å²) in [6, 6.07) is 0.727. The minimum Gasteiger partial charge on any atom is -0.314 e. The molecule has 0 saturated heterocycles. The van der Waals surface area contributed by atoms with Crippen LogP contribution in [-0.2, 0) is 0 Å². The molecule has 1 heteroatoms. The number of nitrogens with one attached hydrogen (secondary N) is 1. The molecule has 1 nitrogen and oxygen atoms in total. The largest absolute Gasteiger partial charge is 0.314 e. The van der Waals surface area contributed by atoms with Gasteiger partial charge in [0.1, 0.15) is 0 Å². The third kappa shape index (κ3) is 6.41. The fraction of sp³-hybridized carbons (Fsp3) is 0.818. The van der Waals surface area contributed by atoms with Gasteiger partial charge in [-0.05, 0) is 38.6 Å². The Morgan fingerprint density at radius 1 is 1.42 bits per heavy atom. The Morgan fingerprint density at radius 2 is 2.17 bits per heavy atom. The molecule has 0 saturated carbocycles. The highest BCUT2D eigenvalue weighted by Gasteiger charge is 2.02. The summed E-state index contributed by atoms with van der Waals surface area (Å²) in [6.45, 7) is 9.35. The topological polar surface area (TPSA) is 12.0 Å². The molecule has 0 amide bonds. The molecule has 0 rings (SSSR count). The molecule has 1 unspecified atom stereocenters. The average Bonchev–Trinajstić information content (AvgIpc) is 2.11. The lowest BCUT2D eigenvalue weighted by atomic mass is 10.1. The molecule has 0 spiro atoms. The lowest BCUT2D eigenvalue weighted by Gasteiger charge is -2.15. The van der Waals surface area contributed by atoms with E-state index in [0.717, 1.165) is 19.0 Å². The lowest BCUT2D eigenvalue weighted by molar-refractivity contribution is 0.457. The zero-order chi connectivity index (χ0) is 9.23. The summed E-state index contributed by atoms with van der Waals surface area (Å²) in [5.74, 6) is 0. The Labute approximate surface area is 77.2 Å². The smallest absolute Gasteiger partial charge is 0.00645 e. The quantitative estimate of drug-likeness (QED) is 0.435. The predicted octanol–water partition coefficient (Wildman–Crippen LogP) is 3.12. The van der Waals surface area contributed by atoms with E-state index < -0.39 is 0 Å². The molecular formula is C11H23N. The van der Waals surface area contributed by atoms with Crippen LogP contribution in [0.2, 0.25) is 0 Å². The summed E-state index contributed by atoms with van der Waals surface area (Å²) in [7, 11) is 0. The van der Waals surface area contributed by atoms with Crippen molar-refractivity contribution >= 4 is 0 Å². The molecule has 12 heavy (non-hydrogen) atoms. The van der Waals surface area contributed by atoms with Gasteiger partial charge in [-0.3, -0.25) is 0 Å². The second-order valence-corrected chi connectivity index (χ2v) is 3.28. The fourth-order valence-corrected chi connectivity index (χ4v) is 1.31. The van der Waals surface area contributed by atoms with Gasteiger partial charge in [-0.1, -0.05) is 19.9 Å². The van der Waals surface area contributed by atoms with Crippen LogP contribution in [0, 0.1) is 0 Å². The van der Waals surface area contributed by atoms with Crippen molar-refractivity contribution in [3.05, 3.63) is 12.7 Å². The molecule has 0 aliphatic carbocycles. The number of hydrogen-bond acceptors (Lipinski definition) is 1. The molecule has 0 bridgehead atoms. The average molecular weight is 169 g/mol. The summed E-state index contributed by atoms with van der Waals surface area (Å²) in [6.07, 6.45) is 8.22. The van der Waals surface area contributed by atoms with Crippen LogP contribution in [0.4, 0.5) is 0 Å². The van der Waals surface area contributed by atoms with Crippen molar-refractivity contribution in [3.63, 3.8) is 0 Å². The highest BCUT2D eigenvalue weighted by Crippen LogP contribution is 2.04. The number of unbranched alkanes of at least 4 members (excludes halogenated alkanes) is 1.